The van der Waals surface area contributed by atoms with Gasteiger partial charge in [0.2, 0.25) is 0 Å². The van der Waals surface area contributed by atoms with E-state index < -0.39 is 7.26 Å². The second-order valence-electron chi connectivity index (χ2n) is 9.16. The zero-order chi connectivity index (χ0) is 20.9. The molecule has 1 aliphatic rings. The summed E-state index contributed by atoms with van der Waals surface area (Å²) in [6.45, 7) is 6.12. The first-order chi connectivity index (χ1) is 14.7. The molecule has 0 atom stereocenters. The van der Waals surface area contributed by atoms with Crippen LogP contribution in [0, 0.1) is 0 Å². The molecule has 3 aromatic rings. The fourth-order valence-electron chi connectivity index (χ4n) is 5.15. The van der Waals surface area contributed by atoms with Crippen LogP contribution in [0.2, 0.25) is 0 Å². The van der Waals surface area contributed by atoms with Crippen LogP contribution in [0.5, 0.6) is 0 Å². The summed E-state index contributed by atoms with van der Waals surface area (Å²) in [4.78, 5) is 0. The molecule has 1 fully saturated rings. The first-order valence-electron chi connectivity index (χ1n) is 11.6. The number of quaternary nitrogens is 1. The maximum Gasteiger partial charge on any atom is 0.112 e. The van der Waals surface area contributed by atoms with Crippen LogP contribution in [0.15, 0.2) is 84.9 Å². The van der Waals surface area contributed by atoms with E-state index in [0.29, 0.717) is 0 Å². The molecule has 0 aliphatic carbocycles. The number of rotatable bonds is 8. The van der Waals surface area contributed by atoms with Crippen molar-refractivity contribution in [3.8, 4) is 0 Å². The summed E-state index contributed by atoms with van der Waals surface area (Å²) in [6, 6.07) is 32.4. The normalized spacial score (nSPS) is 15.9. The van der Waals surface area contributed by atoms with Gasteiger partial charge in [-0.2, -0.15) is 0 Å². The van der Waals surface area contributed by atoms with Gasteiger partial charge >= 0.3 is 0 Å². The number of unbranched alkanes of at least 4 members (excludes halogenated alkanes) is 1. The van der Waals surface area contributed by atoms with Gasteiger partial charge in [-0.1, -0.05) is 49.7 Å². The molecule has 2 heteroatoms. The topological polar surface area (TPSA) is 0 Å². The van der Waals surface area contributed by atoms with E-state index in [1.807, 2.05) is 0 Å². The van der Waals surface area contributed by atoms with Gasteiger partial charge in [0, 0.05) is 18.4 Å². The van der Waals surface area contributed by atoms with Crippen LogP contribution in [0.1, 0.15) is 38.2 Å². The first-order valence-corrected chi connectivity index (χ1v) is 13.6. The molecule has 30 heavy (non-hydrogen) atoms. The Labute approximate surface area is 183 Å². The van der Waals surface area contributed by atoms with Crippen molar-refractivity contribution in [2.75, 3.05) is 26.3 Å². The molecule has 0 aromatic heterocycles. The average molecular weight is 418 g/mol. The van der Waals surface area contributed by atoms with Crippen molar-refractivity contribution in [3.05, 3.63) is 90.5 Å². The third-order valence-corrected chi connectivity index (χ3v) is 11.4. The van der Waals surface area contributed by atoms with E-state index in [2.05, 4.69) is 98.9 Å². The molecule has 0 unspecified atom stereocenters. The second kappa shape index (κ2) is 9.46. The minimum absolute atomic E-state index is 1.16. The highest BCUT2D eigenvalue weighted by atomic mass is 31.2. The second-order valence-corrected chi connectivity index (χ2v) is 12.8. The van der Waals surface area contributed by atoms with Crippen molar-refractivity contribution in [1.29, 1.82) is 0 Å². The number of hydrogen-bond donors (Lipinski definition) is 0. The zero-order valence-corrected chi connectivity index (χ0v) is 19.5. The summed E-state index contributed by atoms with van der Waals surface area (Å²) in [5.41, 5.74) is 1.48. The summed E-state index contributed by atoms with van der Waals surface area (Å²) in [6.07, 6.45) is 6.48. The fraction of sp³-hybridized carbons (Fsp3) is 0.357. The lowest BCUT2D eigenvalue weighted by atomic mass is 10.2. The van der Waals surface area contributed by atoms with Gasteiger partial charge in [0.25, 0.3) is 0 Å². The van der Waals surface area contributed by atoms with Gasteiger partial charge in [-0.25, -0.2) is 0 Å². The van der Waals surface area contributed by atoms with E-state index in [4.69, 9.17) is 0 Å². The minimum Gasteiger partial charge on any atom is -0.322 e. The maximum absolute atomic E-state index is 2.46. The van der Waals surface area contributed by atoms with Crippen LogP contribution >= 0.6 is 7.26 Å². The standard InChI is InChI=1S/C28H36NP/c1-3-4-23-30(26-13-7-5-8-14-26,27-15-9-6-10-16-27)28-19-17-25(18-20-28)24-29(2)21-11-12-22-29/h5-10,13-20H,3-4,11-12,21-24H2,1-2H3/q+2. The lowest BCUT2D eigenvalue weighted by Crippen LogP contribution is -2.40. The molecule has 1 nitrogen and oxygen atoms in total. The molecule has 0 N–H and O–H groups in total. The largest absolute Gasteiger partial charge is 0.322 e. The number of benzene rings is 3. The Balaban J connectivity index is 1.77. The molecule has 0 bridgehead atoms. The molecular formula is C28H36NP+2. The molecule has 1 saturated heterocycles. The average Bonchev–Trinajstić information content (AvgIpc) is 3.22. The quantitative estimate of drug-likeness (QED) is 0.334. The van der Waals surface area contributed by atoms with Crippen molar-refractivity contribution < 1.29 is 4.48 Å². The van der Waals surface area contributed by atoms with E-state index in [0.717, 1.165) is 6.54 Å². The number of hydrogen-bond acceptors (Lipinski definition) is 0. The van der Waals surface area contributed by atoms with Crippen LogP contribution in [0.25, 0.3) is 0 Å². The monoisotopic (exact) mass is 417 g/mol. The third-order valence-electron chi connectivity index (χ3n) is 6.83. The molecule has 4 rings (SSSR count). The fourth-order valence-corrected chi connectivity index (χ4v) is 9.63. The highest BCUT2D eigenvalue weighted by Crippen LogP contribution is 2.56. The Morgan fingerprint density at radius 2 is 1.20 bits per heavy atom. The SMILES string of the molecule is CCCC[P+](c1ccccc1)(c1ccccc1)c1ccc(C[N+]2(C)CCCC2)cc1. The summed E-state index contributed by atoms with van der Waals surface area (Å²) < 4.78 is 1.20. The van der Waals surface area contributed by atoms with E-state index in [9.17, 15) is 0 Å². The van der Waals surface area contributed by atoms with E-state index in [1.165, 1.54) is 70.9 Å². The van der Waals surface area contributed by atoms with Crippen molar-refractivity contribution in [1.82, 2.24) is 0 Å². The van der Waals surface area contributed by atoms with Crippen molar-refractivity contribution >= 4 is 23.2 Å². The Hall–Kier alpha value is -1.95. The predicted molar refractivity (Wildman–Crippen MR) is 134 cm³/mol. The highest BCUT2D eigenvalue weighted by Gasteiger charge is 2.44. The first kappa shape index (κ1) is 21.3. The molecule has 0 spiro atoms. The van der Waals surface area contributed by atoms with Crippen molar-refractivity contribution in [2.45, 2.75) is 39.2 Å². The molecule has 3 aromatic carbocycles. The van der Waals surface area contributed by atoms with Gasteiger partial charge in [-0.3, -0.25) is 0 Å². The molecule has 156 valence electrons. The number of nitrogens with zero attached hydrogens (tertiary/aromatic N) is 1. The highest BCUT2D eigenvalue weighted by molar-refractivity contribution is 7.95. The van der Waals surface area contributed by atoms with Crippen LogP contribution in [-0.4, -0.2) is 30.8 Å². The summed E-state index contributed by atoms with van der Waals surface area (Å²) in [7, 11) is 0.777. The van der Waals surface area contributed by atoms with E-state index in [1.54, 1.807) is 0 Å². The van der Waals surface area contributed by atoms with Crippen molar-refractivity contribution in [2.24, 2.45) is 0 Å². The molecule has 0 radical (unpaired) electrons. The maximum atomic E-state index is 2.46. The summed E-state index contributed by atoms with van der Waals surface area (Å²) in [5, 5.41) is 4.55. The minimum atomic E-state index is -1.65. The zero-order valence-electron chi connectivity index (χ0n) is 18.6. The Bertz CT molecular complexity index is 872. The van der Waals surface area contributed by atoms with Gasteiger partial charge in [-0.15, -0.1) is 0 Å². The smallest absolute Gasteiger partial charge is 0.112 e. The lowest BCUT2D eigenvalue weighted by molar-refractivity contribution is -0.910. The van der Waals surface area contributed by atoms with E-state index >= 15 is 0 Å². The predicted octanol–water partition coefficient (Wildman–Crippen LogP) is 5.52. The van der Waals surface area contributed by atoms with Crippen LogP contribution in [-0.2, 0) is 6.54 Å². The van der Waals surface area contributed by atoms with Crippen molar-refractivity contribution in [3.63, 3.8) is 0 Å². The molecule has 1 heterocycles. The van der Waals surface area contributed by atoms with E-state index in [-0.39, 0.29) is 0 Å². The van der Waals surface area contributed by atoms with Gasteiger partial charge < -0.3 is 4.48 Å². The molecule has 0 saturated carbocycles. The lowest BCUT2D eigenvalue weighted by Gasteiger charge is -2.30. The summed E-state index contributed by atoms with van der Waals surface area (Å²) in [5.74, 6) is 0. The molecule has 1 aliphatic heterocycles. The van der Waals surface area contributed by atoms with Crippen LogP contribution in [0.3, 0.4) is 0 Å². The van der Waals surface area contributed by atoms with Gasteiger partial charge in [0.15, 0.2) is 0 Å². The van der Waals surface area contributed by atoms with Crippen LogP contribution < -0.4 is 15.9 Å². The number of likely N-dealkylation sites (tertiary alicyclic amines) is 1. The molecule has 0 amide bonds. The Kier molecular flexibility index (Phi) is 6.71. The summed E-state index contributed by atoms with van der Waals surface area (Å²) >= 11 is 0. The third kappa shape index (κ3) is 4.39. The Morgan fingerprint density at radius 1 is 0.700 bits per heavy atom. The van der Waals surface area contributed by atoms with Crippen LogP contribution in [0.4, 0.5) is 0 Å². The Morgan fingerprint density at radius 3 is 1.70 bits per heavy atom. The van der Waals surface area contributed by atoms with Gasteiger partial charge in [-0.05, 0) is 55.0 Å². The van der Waals surface area contributed by atoms with Gasteiger partial charge in [0.1, 0.15) is 29.7 Å². The van der Waals surface area contributed by atoms with Gasteiger partial charge in [0.05, 0.1) is 26.3 Å². The molecular weight excluding hydrogens is 381 g/mol.